The van der Waals surface area contributed by atoms with Crippen LogP contribution in [0, 0.1) is 5.41 Å². The number of aryl methyl sites for hydroxylation is 1. The van der Waals surface area contributed by atoms with Crippen molar-refractivity contribution in [2.45, 2.75) is 64.6 Å². The Morgan fingerprint density at radius 2 is 2.06 bits per heavy atom. The molecule has 1 amide bonds. The van der Waals surface area contributed by atoms with E-state index < -0.39 is 11.5 Å². The maximum atomic E-state index is 13.5. The van der Waals surface area contributed by atoms with Crippen LogP contribution in [-0.2, 0) is 24.1 Å². The number of carbonyl (C=O) groups is 2. The van der Waals surface area contributed by atoms with Gasteiger partial charge in [-0.3, -0.25) is 14.4 Å². The van der Waals surface area contributed by atoms with E-state index in [2.05, 4.69) is 19.7 Å². The zero-order chi connectivity index (χ0) is 21.9. The van der Waals surface area contributed by atoms with Gasteiger partial charge < -0.3 is 19.2 Å². The molecule has 9 heteroatoms. The Labute approximate surface area is 179 Å². The number of fused-ring (bicyclic) bond motifs is 2. The van der Waals surface area contributed by atoms with Crippen LogP contribution in [0.1, 0.15) is 77.2 Å². The summed E-state index contributed by atoms with van der Waals surface area (Å²) < 4.78 is 7.62. The molecule has 5 rings (SSSR count). The van der Waals surface area contributed by atoms with Crippen molar-refractivity contribution in [1.82, 2.24) is 24.6 Å². The summed E-state index contributed by atoms with van der Waals surface area (Å²) in [6, 6.07) is 1.17. The Kier molecular flexibility index (Phi) is 4.62. The molecule has 2 aliphatic heterocycles. The topological polar surface area (TPSA) is 110 Å². The van der Waals surface area contributed by atoms with Crippen molar-refractivity contribution in [2.24, 2.45) is 5.41 Å². The summed E-state index contributed by atoms with van der Waals surface area (Å²) in [6.07, 6.45) is 3.32. The molecular formula is C22H27N5O4. The number of rotatable bonds is 3. The molecule has 164 valence electrons. The standard InChI is InChI=1S/C22H27N5O4/c1-22(2)9-15-13(17(28)10-22)8-14(20(29)23-15)21(30)27-11-12(31-3)7-16(27)19-25-24-18-5-4-6-26(18)19/h8,12,16H,4-7,9-11H2,1-3H3,(H,23,29)/t12-,16+/m1/s1. The van der Waals surface area contributed by atoms with Crippen LogP contribution in [0.4, 0.5) is 0 Å². The molecule has 0 aromatic carbocycles. The highest BCUT2D eigenvalue weighted by Crippen LogP contribution is 2.36. The van der Waals surface area contributed by atoms with Crippen LogP contribution in [0.5, 0.6) is 0 Å². The van der Waals surface area contributed by atoms with Crippen molar-refractivity contribution < 1.29 is 14.3 Å². The quantitative estimate of drug-likeness (QED) is 0.801. The van der Waals surface area contributed by atoms with Crippen molar-refractivity contribution in [3.63, 3.8) is 0 Å². The molecule has 0 unspecified atom stereocenters. The fourth-order valence-corrected chi connectivity index (χ4v) is 5.20. The number of ketones is 1. The second kappa shape index (κ2) is 7.12. The second-order valence-electron chi connectivity index (χ2n) is 9.64. The van der Waals surface area contributed by atoms with E-state index in [0.717, 1.165) is 31.0 Å². The molecule has 9 nitrogen and oxygen atoms in total. The van der Waals surface area contributed by atoms with Crippen molar-refractivity contribution >= 4 is 11.7 Å². The predicted molar refractivity (Wildman–Crippen MR) is 111 cm³/mol. The molecule has 2 atom stereocenters. The summed E-state index contributed by atoms with van der Waals surface area (Å²) in [7, 11) is 1.62. The van der Waals surface area contributed by atoms with E-state index in [1.54, 1.807) is 12.0 Å². The summed E-state index contributed by atoms with van der Waals surface area (Å²) in [4.78, 5) is 43.6. The number of nitrogens with zero attached hydrogens (tertiary/aromatic N) is 4. The van der Waals surface area contributed by atoms with Gasteiger partial charge in [-0.05, 0) is 24.3 Å². The highest BCUT2D eigenvalue weighted by Gasteiger charge is 2.41. The van der Waals surface area contributed by atoms with Crippen LogP contribution in [-0.4, -0.2) is 56.1 Å². The lowest BCUT2D eigenvalue weighted by atomic mass is 9.75. The molecule has 3 aliphatic rings. The third-order valence-electron chi connectivity index (χ3n) is 6.74. The maximum Gasteiger partial charge on any atom is 0.261 e. The summed E-state index contributed by atoms with van der Waals surface area (Å²) in [5.41, 5.74) is 0.392. The summed E-state index contributed by atoms with van der Waals surface area (Å²) >= 11 is 0. The zero-order valence-electron chi connectivity index (χ0n) is 18.1. The smallest absolute Gasteiger partial charge is 0.261 e. The molecular weight excluding hydrogens is 398 g/mol. The molecule has 1 N–H and O–H groups in total. The second-order valence-corrected chi connectivity index (χ2v) is 9.64. The van der Waals surface area contributed by atoms with E-state index in [0.29, 0.717) is 37.1 Å². The van der Waals surface area contributed by atoms with Crippen LogP contribution >= 0.6 is 0 Å². The minimum atomic E-state index is -0.458. The van der Waals surface area contributed by atoms with Gasteiger partial charge in [-0.1, -0.05) is 13.8 Å². The number of methoxy groups -OCH3 is 1. The molecule has 1 aliphatic carbocycles. The number of hydrogen-bond acceptors (Lipinski definition) is 6. The molecule has 2 aromatic rings. The van der Waals surface area contributed by atoms with Gasteiger partial charge in [-0.2, -0.15) is 0 Å². The molecule has 1 fully saturated rings. The van der Waals surface area contributed by atoms with Crippen LogP contribution in [0.2, 0.25) is 0 Å². The highest BCUT2D eigenvalue weighted by molar-refractivity contribution is 6.02. The predicted octanol–water partition coefficient (Wildman–Crippen LogP) is 1.67. The Morgan fingerprint density at radius 1 is 1.26 bits per heavy atom. The number of likely N-dealkylation sites (tertiary alicyclic amines) is 1. The number of aromatic nitrogens is 4. The fourth-order valence-electron chi connectivity index (χ4n) is 5.20. The van der Waals surface area contributed by atoms with Crippen LogP contribution < -0.4 is 5.56 Å². The Hall–Kier alpha value is -2.81. The Morgan fingerprint density at radius 3 is 2.84 bits per heavy atom. The van der Waals surface area contributed by atoms with E-state index in [1.807, 2.05) is 13.8 Å². The van der Waals surface area contributed by atoms with Gasteiger partial charge in [0.25, 0.3) is 11.5 Å². The number of pyridine rings is 1. The lowest BCUT2D eigenvalue weighted by Crippen LogP contribution is -2.38. The van der Waals surface area contributed by atoms with E-state index in [-0.39, 0.29) is 28.9 Å². The van der Waals surface area contributed by atoms with E-state index in [1.165, 1.54) is 6.07 Å². The molecule has 31 heavy (non-hydrogen) atoms. The van der Waals surface area contributed by atoms with Gasteiger partial charge in [0, 0.05) is 50.7 Å². The first-order valence-corrected chi connectivity index (χ1v) is 10.8. The van der Waals surface area contributed by atoms with Crippen molar-refractivity contribution in [3.05, 3.63) is 44.9 Å². The van der Waals surface area contributed by atoms with Crippen LogP contribution in [0.25, 0.3) is 0 Å². The normalized spacial score (nSPS) is 24.4. The number of Topliss-reactive ketones (excluding diaryl/α,β-unsaturated/α-hetero) is 1. The van der Waals surface area contributed by atoms with Gasteiger partial charge in [-0.15, -0.1) is 10.2 Å². The van der Waals surface area contributed by atoms with Gasteiger partial charge in [0.15, 0.2) is 11.6 Å². The van der Waals surface area contributed by atoms with Gasteiger partial charge in [0.2, 0.25) is 0 Å². The van der Waals surface area contributed by atoms with Crippen molar-refractivity contribution in [3.8, 4) is 0 Å². The number of nitrogens with one attached hydrogen (secondary N) is 1. The number of H-pyrrole nitrogens is 1. The van der Waals surface area contributed by atoms with Crippen molar-refractivity contribution in [1.29, 1.82) is 0 Å². The van der Waals surface area contributed by atoms with Crippen molar-refractivity contribution in [2.75, 3.05) is 13.7 Å². The first-order chi connectivity index (χ1) is 14.8. The molecule has 0 radical (unpaired) electrons. The van der Waals surface area contributed by atoms with Crippen LogP contribution in [0.3, 0.4) is 0 Å². The number of aromatic amines is 1. The summed E-state index contributed by atoms with van der Waals surface area (Å²) in [5.74, 6) is 1.23. The molecule has 1 saturated heterocycles. The molecule has 0 spiro atoms. The minimum absolute atomic E-state index is 0.00489. The lowest BCUT2D eigenvalue weighted by Gasteiger charge is -2.30. The van der Waals surface area contributed by atoms with Gasteiger partial charge in [0.05, 0.1) is 12.1 Å². The molecule has 2 aromatic heterocycles. The zero-order valence-corrected chi connectivity index (χ0v) is 18.1. The summed E-state index contributed by atoms with van der Waals surface area (Å²) in [5, 5.41) is 8.64. The average Bonchev–Trinajstić information content (AvgIpc) is 3.41. The molecule has 4 heterocycles. The lowest BCUT2D eigenvalue weighted by molar-refractivity contribution is 0.0680. The monoisotopic (exact) mass is 425 g/mol. The third-order valence-corrected chi connectivity index (χ3v) is 6.74. The molecule has 0 saturated carbocycles. The maximum absolute atomic E-state index is 13.5. The fraction of sp³-hybridized carbons (Fsp3) is 0.591. The van der Waals surface area contributed by atoms with E-state index in [4.69, 9.17) is 4.74 Å². The van der Waals surface area contributed by atoms with Gasteiger partial charge >= 0.3 is 0 Å². The molecule has 0 bridgehead atoms. The van der Waals surface area contributed by atoms with E-state index >= 15 is 0 Å². The Balaban J connectivity index is 1.52. The first-order valence-electron chi connectivity index (χ1n) is 10.8. The van der Waals surface area contributed by atoms with Crippen LogP contribution in [0.15, 0.2) is 10.9 Å². The van der Waals surface area contributed by atoms with E-state index in [9.17, 15) is 14.4 Å². The first kappa shape index (κ1) is 20.1. The number of hydrogen-bond donors (Lipinski definition) is 1. The number of carbonyl (C=O) groups excluding carboxylic acids is 2. The highest BCUT2D eigenvalue weighted by atomic mass is 16.5. The number of amides is 1. The third kappa shape index (κ3) is 3.31. The number of ether oxygens (including phenoxy) is 1. The van der Waals surface area contributed by atoms with Gasteiger partial charge in [0.1, 0.15) is 11.4 Å². The minimum Gasteiger partial charge on any atom is -0.380 e. The summed E-state index contributed by atoms with van der Waals surface area (Å²) in [6.45, 7) is 5.20. The average molecular weight is 425 g/mol. The largest absolute Gasteiger partial charge is 0.380 e. The van der Waals surface area contributed by atoms with Gasteiger partial charge in [-0.25, -0.2) is 0 Å². The Bertz CT molecular complexity index is 1130. The SMILES string of the molecule is CO[C@@H]1C[C@@H](c2nnc3n2CCC3)N(C(=O)c2cc3c([nH]c2=O)CC(C)(C)CC3=O)C1.